The van der Waals surface area contributed by atoms with Crippen molar-refractivity contribution in [2.45, 2.75) is 0 Å². The van der Waals surface area contributed by atoms with Crippen molar-refractivity contribution in [3.8, 4) is 5.75 Å². The second kappa shape index (κ2) is 6.98. The molecule has 0 aliphatic rings. The monoisotopic (exact) mass is 403 g/mol. The van der Waals surface area contributed by atoms with Crippen molar-refractivity contribution >= 4 is 44.5 Å². The van der Waals surface area contributed by atoms with Gasteiger partial charge in [0.25, 0.3) is 5.91 Å². The minimum Gasteiger partial charge on any atom is -0.497 e. The number of halogens is 1. The van der Waals surface area contributed by atoms with Gasteiger partial charge in [-0.1, -0.05) is 12.1 Å². The van der Waals surface area contributed by atoms with Crippen molar-refractivity contribution in [3.63, 3.8) is 0 Å². The molecule has 0 saturated heterocycles. The van der Waals surface area contributed by atoms with Gasteiger partial charge in [0.05, 0.1) is 29.9 Å². The van der Waals surface area contributed by atoms with Crippen molar-refractivity contribution in [2.75, 3.05) is 19.5 Å². The Balaban J connectivity index is 1.94. The van der Waals surface area contributed by atoms with Crippen LogP contribution in [0.3, 0.4) is 0 Å². The van der Waals surface area contributed by atoms with Crippen LogP contribution in [-0.4, -0.2) is 26.1 Å². The topological polar surface area (TPSA) is 77.8 Å². The lowest BCUT2D eigenvalue weighted by Gasteiger charge is -2.10. The number of hydrogen-bond donors (Lipinski definition) is 1. The van der Waals surface area contributed by atoms with E-state index in [-0.39, 0.29) is 11.3 Å². The number of anilines is 1. The number of ether oxygens (including phenoxy) is 2. The molecule has 0 aliphatic carbocycles. The summed E-state index contributed by atoms with van der Waals surface area (Å²) in [5, 5.41) is 3.46. The van der Waals surface area contributed by atoms with E-state index in [0.29, 0.717) is 17.0 Å². The number of esters is 1. The van der Waals surface area contributed by atoms with Gasteiger partial charge in [-0.2, -0.15) is 0 Å². The minimum absolute atomic E-state index is 0.133. The molecule has 25 heavy (non-hydrogen) atoms. The average Bonchev–Trinajstić information content (AvgIpc) is 3.07. The van der Waals surface area contributed by atoms with E-state index in [9.17, 15) is 9.59 Å². The predicted octanol–water partition coefficient (Wildman–Crippen LogP) is 4.24. The summed E-state index contributed by atoms with van der Waals surface area (Å²) in [6.45, 7) is 0. The Morgan fingerprint density at radius 3 is 2.60 bits per heavy atom. The van der Waals surface area contributed by atoms with Crippen molar-refractivity contribution in [1.82, 2.24) is 0 Å². The van der Waals surface area contributed by atoms with Crippen LogP contribution < -0.4 is 10.1 Å². The van der Waals surface area contributed by atoms with Gasteiger partial charge in [0.15, 0.2) is 5.76 Å². The maximum atomic E-state index is 12.5. The Morgan fingerprint density at radius 1 is 1.12 bits per heavy atom. The van der Waals surface area contributed by atoms with Gasteiger partial charge in [0.2, 0.25) is 0 Å². The second-order valence-electron chi connectivity index (χ2n) is 5.13. The van der Waals surface area contributed by atoms with E-state index >= 15 is 0 Å². The van der Waals surface area contributed by atoms with Crippen LogP contribution in [0.1, 0.15) is 20.9 Å². The van der Waals surface area contributed by atoms with Crippen LogP contribution in [0.25, 0.3) is 11.0 Å². The molecule has 0 fully saturated rings. The van der Waals surface area contributed by atoms with Crippen LogP contribution in [0.4, 0.5) is 5.69 Å². The minimum atomic E-state index is -0.582. The van der Waals surface area contributed by atoms with Crippen molar-refractivity contribution in [3.05, 3.63) is 58.3 Å². The number of fused-ring (bicyclic) bond motifs is 1. The number of nitrogens with one attached hydrogen (secondary N) is 1. The Kier molecular flexibility index (Phi) is 4.76. The molecular formula is C18H14BrNO5. The largest absolute Gasteiger partial charge is 0.497 e. The van der Waals surface area contributed by atoms with E-state index in [0.717, 1.165) is 9.86 Å². The summed E-state index contributed by atoms with van der Waals surface area (Å²) in [4.78, 5) is 24.5. The molecule has 0 radical (unpaired) electrons. The molecule has 1 heterocycles. The third-order valence-electron chi connectivity index (χ3n) is 3.60. The summed E-state index contributed by atoms with van der Waals surface area (Å²) in [6, 6.07) is 11.9. The number of benzene rings is 2. The number of para-hydroxylation sites is 1. The fourth-order valence-electron chi connectivity index (χ4n) is 2.36. The van der Waals surface area contributed by atoms with Crippen molar-refractivity contribution < 1.29 is 23.5 Å². The molecule has 3 rings (SSSR count). The Hall–Kier alpha value is -2.80. The number of rotatable bonds is 4. The zero-order valence-electron chi connectivity index (χ0n) is 13.5. The molecule has 1 amide bonds. The number of carbonyl (C=O) groups excluding carboxylic acids is 2. The SMILES string of the molecule is COC(=O)c1cc(OC)ccc1NC(=O)c1cc2cccc(Br)c2o1. The summed E-state index contributed by atoms with van der Waals surface area (Å²) in [5.41, 5.74) is 1.07. The van der Waals surface area contributed by atoms with E-state index in [4.69, 9.17) is 13.9 Å². The first-order valence-electron chi connectivity index (χ1n) is 7.29. The van der Waals surface area contributed by atoms with E-state index < -0.39 is 11.9 Å². The van der Waals surface area contributed by atoms with E-state index in [1.165, 1.54) is 20.3 Å². The molecular weight excluding hydrogens is 390 g/mol. The molecule has 0 atom stereocenters. The van der Waals surface area contributed by atoms with Crippen LogP contribution in [0.5, 0.6) is 5.75 Å². The van der Waals surface area contributed by atoms with E-state index in [1.807, 2.05) is 18.2 Å². The Morgan fingerprint density at radius 2 is 1.92 bits per heavy atom. The van der Waals surface area contributed by atoms with Gasteiger partial charge >= 0.3 is 5.97 Å². The zero-order valence-corrected chi connectivity index (χ0v) is 15.0. The van der Waals surface area contributed by atoms with Gasteiger partial charge in [-0.05, 0) is 46.3 Å². The molecule has 0 aliphatic heterocycles. The summed E-state index contributed by atoms with van der Waals surface area (Å²) in [7, 11) is 2.76. The molecule has 0 unspecified atom stereocenters. The van der Waals surface area contributed by atoms with Crippen LogP contribution in [0.15, 0.2) is 51.4 Å². The van der Waals surface area contributed by atoms with E-state index in [1.54, 1.807) is 18.2 Å². The molecule has 7 heteroatoms. The highest BCUT2D eigenvalue weighted by Crippen LogP contribution is 2.28. The summed E-state index contributed by atoms with van der Waals surface area (Å²) in [6.07, 6.45) is 0. The summed E-state index contributed by atoms with van der Waals surface area (Å²) in [5.74, 6) is -0.445. The molecule has 0 spiro atoms. The standard InChI is InChI=1S/C18H14BrNO5/c1-23-11-6-7-14(12(9-11)18(22)24-2)20-17(21)15-8-10-4-3-5-13(19)16(10)25-15/h3-9H,1-2H3,(H,20,21). The number of furan rings is 1. The lowest BCUT2D eigenvalue weighted by atomic mass is 10.1. The average molecular weight is 404 g/mol. The van der Waals surface area contributed by atoms with Gasteiger partial charge < -0.3 is 19.2 Å². The molecule has 6 nitrogen and oxygen atoms in total. The van der Waals surface area contributed by atoms with Gasteiger partial charge in [-0.15, -0.1) is 0 Å². The lowest BCUT2D eigenvalue weighted by Crippen LogP contribution is -2.15. The maximum absolute atomic E-state index is 12.5. The van der Waals surface area contributed by atoms with E-state index in [2.05, 4.69) is 21.2 Å². The van der Waals surface area contributed by atoms with Crippen LogP contribution in [-0.2, 0) is 4.74 Å². The van der Waals surface area contributed by atoms with Crippen LogP contribution in [0, 0.1) is 0 Å². The third-order valence-corrected chi connectivity index (χ3v) is 4.22. The normalized spacial score (nSPS) is 10.5. The fourth-order valence-corrected chi connectivity index (χ4v) is 2.82. The zero-order chi connectivity index (χ0) is 18.0. The highest BCUT2D eigenvalue weighted by Gasteiger charge is 2.19. The van der Waals surface area contributed by atoms with Gasteiger partial charge in [0.1, 0.15) is 11.3 Å². The highest BCUT2D eigenvalue weighted by molar-refractivity contribution is 9.10. The molecule has 3 aromatic rings. The molecule has 2 aromatic carbocycles. The van der Waals surface area contributed by atoms with Gasteiger partial charge in [-0.3, -0.25) is 4.79 Å². The highest BCUT2D eigenvalue weighted by atomic mass is 79.9. The summed E-state index contributed by atoms with van der Waals surface area (Å²) < 4.78 is 16.2. The van der Waals surface area contributed by atoms with Gasteiger partial charge in [-0.25, -0.2) is 4.79 Å². The number of hydrogen-bond acceptors (Lipinski definition) is 5. The smallest absolute Gasteiger partial charge is 0.340 e. The molecule has 1 aromatic heterocycles. The first kappa shape index (κ1) is 17.0. The molecule has 1 N–H and O–H groups in total. The Labute approximate surface area is 151 Å². The maximum Gasteiger partial charge on any atom is 0.340 e. The molecule has 128 valence electrons. The molecule has 0 saturated carbocycles. The quantitative estimate of drug-likeness (QED) is 0.659. The Bertz CT molecular complexity index is 963. The fraction of sp³-hybridized carbons (Fsp3) is 0.111. The summed E-state index contributed by atoms with van der Waals surface area (Å²) >= 11 is 3.38. The first-order chi connectivity index (χ1) is 12.0. The number of carbonyl (C=O) groups is 2. The first-order valence-corrected chi connectivity index (χ1v) is 8.08. The lowest BCUT2D eigenvalue weighted by molar-refractivity contribution is 0.0601. The predicted molar refractivity (Wildman–Crippen MR) is 96.2 cm³/mol. The molecule has 0 bridgehead atoms. The second-order valence-corrected chi connectivity index (χ2v) is 5.98. The number of amides is 1. The van der Waals surface area contributed by atoms with Gasteiger partial charge in [0, 0.05) is 5.39 Å². The van der Waals surface area contributed by atoms with Crippen molar-refractivity contribution in [1.29, 1.82) is 0 Å². The third kappa shape index (κ3) is 3.36. The van der Waals surface area contributed by atoms with Crippen LogP contribution in [0.2, 0.25) is 0 Å². The number of methoxy groups -OCH3 is 2. The van der Waals surface area contributed by atoms with Crippen molar-refractivity contribution in [2.24, 2.45) is 0 Å². The van der Waals surface area contributed by atoms with Crippen LogP contribution >= 0.6 is 15.9 Å².